The Morgan fingerprint density at radius 2 is 1.88 bits per heavy atom. The Bertz CT molecular complexity index is 823. The third-order valence-electron chi connectivity index (χ3n) is 5.54. The molecular weight excluding hydrogens is 364 g/mol. The van der Waals surface area contributed by atoms with Crippen LogP contribution in [-0.2, 0) is 0 Å². The maximum atomic E-state index is 6.52. The molecule has 2 bridgehead atoms. The summed E-state index contributed by atoms with van der Waals surface area (Å²) in [7, 11) is 0. The first-order valence-corrected chi connectivity index (χ1v) is 10.2. The standard InChI is InChI=1S/C20H25ClN4S/c1-19(2)8-14-9-20(3,10-19)11-25(14)17-16(22)18(24-12-23-17)26-15-6-4-13(21)5-7-15/h4-7,12,14H,8-11,22H2,1-3H3. The van der Waals surface area contributed by atoms with Crippen molar-refractivity contribution in [3.8, 4) is 0 Å². The SMILES string of the molecule is CC1(C)CC2CC(C)(CN2c2ncnc(Sc3ccc(Cl)cc3)c2N)C1. The smallest absolute Gasteiger partial charge is 0.156 e. The van der Waals surface area contributed by atoms with Crippen LogP contribution in [-0.4, -0.2) is 22.6 Å². The second-order valence-electron chi connectivity index (χ2n) is 8.81. The Hall–Kier alpha value is -1.46. The van der Waals surface area contributed by atoms with Crippen LogP contribution in [0.4, 0.5) is 11.5 Å². The molecule has 4 rings (SSSR count). The lowest BCUT2D eigenvalue weighted by Gasteiger charge is -2.39. The lowest BCUT2D eigenvalue weighted by Crippen LogP contribution is -2.35. The summed E-state index contributed by atoms with van der Waals surface area (Å²) in [5.41, 5.74) is 7.91. The molecule has 2 heterocycles. The molecule has 1 aromatic carbocycles. The molecule has 6 heteroatoms. The average molecular weight is 389 g/mol. The molecule has 2 unspecified atom stereocenters. The summed E-state index contributed by atoms with van der Waals surface area (Å²) < 4.78 is 0. The van der Waals surface area contributed by atoms with Gasteiger partial charge in [0.1, 0.15) is 17.0 Å². The van der Waals surface area contributed by atoms with Crippen LogP contribution in [0.25, 0.3) is 0 Å². The van der Waals surface area contributed by atoms with Crippen LogP contribution in [0.2, 0.25) is 5.02 Å². The largest absolute Gasteiger partial charge is 0.394 e. The van der Waals surface area contributed by atoms with Crippen molar-refractivity contribution in [1.82, 2.24) is 9.97 Å². The Labute approximate surface area is 164 Å². The van der Waals surface area contributed by atoms with E-state index in [1.165, 1.54) is 19.3 Å². The van der Waals surface area contributed by atoms with E-state index >= 15 is 0 Å². The minimum atomic E-state index is 0.341. The maximum absolute atomic E-state index is 6.52. The summed E-state index contributed by atoms with van der Waals surface area (Å²) in [5, 5.41) is 1.54. The van der Waals surface area contributed by atoms with Gasteiger partial charge in [-0.25, -0.2) is 9.97 Å². The Balaban J connectivity index is 1.63. The molecule has 26 heavy (non-hydrogen) atoms. The van der Waals surface area contributed by atoms with Gasteiger partial charge in [-0.1, -0.05) is 44.1 Å². The van der Waals surface area contributed by atoms with E-state index in [0.29, 0.717) is 22.6 Å². The van der Waals surface area contributed by atoms with E-state index in [1.54, 1.807) is 18.1 Å². The van der Waals surface area contributed by atoms with Gasteiger partial charge in [0.25, 0.3) is 0 Å². The van der Waals surface area contributed by atoms with E-state index in [-0.39, 0.29) is 0 Å². The Morgan fingerprint density at radius 1 is 1.15 bits per heavy atom. The van der Waals surface area contributed by atoms with Crippen LogP contribution >= 0.6 is 23.4 Å². The van der Waals surface area contributed by atoms with Crippen LogP contribution in [0.3, 0.4) is 0 Å². The van der Waals surface area contributed by atoms with E-state index in [9.17, 15) is 0 Å². The monoisotopic (exact) mass is 388 g/mol. The van der Waals surface area contributed by atoms with Crippen molar-refractivity contribution in [2.24, 2.45) is 10.8 Å². The van der Waals surface area contributed by atoms with E-state index in [0.717, 1.165) is 27.3 Å². The molecule has 0 amide bonds. The fourth-order valence-corrected chi connectivity index (χ4v) is 5.93. The van der Waals surface area contributed by atoms with Gasteiger partial charge in [0.15, 0.2) is 5.82 Å². The van der Waals surface area contributed by atoms with Gasteiger partial charge in [0, 0.05) is 22.5 Å². The second-order valence-corrected chi connectivity index (χ2v) is 10.3. The number of hydrogen-bond donors (Lipinski definition) is 1. The fraction of sp³-hybridized carbons (Fsp3) is 0.500. The molecule has 4 nitrogen and oxygen atoms in total. The molecule has 0 radical (unpaired) electrons. The van der Waals surface area contributed by atoms with Gasteiger partial charge >= 0.3 is 0 Å². The van der Waals surface area contributed by atoms with E-state index in [4.69, 9.17) is 17.3 Å². The minimum absolute atomic E-state index is 0.341. The van der Waals surface area contributed by atoms with Gasteiger partial charge in [0.2, 0.25) is 0 Å². The summed E-state index contributed by atoms with van der Waals surface area (Å²) in [4.78, 5) is 12.5. The third kappa shape index (κ3) is 3.39. The zero-order valence-electron chi connectivity index (χ0n) is 15.5. The molecule has 138 valence electrons. The zero-order valence-corrected chi connectivity index (χ0v) is 17.1. The van der Waals surface area contributed by atoms with Crippen molar-refractivity contribution in [2.75, 3.05) is 17.2 Å². The molecule has 1 aromatic heterocycles. The van der Waals surface area contributed by atoms with Gasteiger partial charge in [-0.15, -0.1) is 0 Å². The van der Waals surface area contributed by atoms with Crippen LogP contribution in [0.15, 0.2) is 40.5 Å². The number of hydrogen-bond acceptors (Lipinski definition) is 5. The minimum Gasteiger partial charge on any atom is -0.394 e. The Morgan fingerprint density at radius 3 is 2.62 bits per heavy atom. The van der Waals surface area contributed by atoms with Gasteiger partial charge in [0.05, 0.1) is 0 Å². The van der Waals surface area contributed by atoms with Crippen molar-refractivity contribution in [1.29, 1.82) is 0 Å². The number of aromatic nitrogens is 2. The zero-order chi connectivity index (χ0) is 18.5. The first kappa shape index (κ1) is 17.9. The summed E-state index contributed by atoms with van der Waals surface area (Å²) >= 11 is 7.54. The first-order chi connectivity index (χ1) is 12.2. The molecule has 2 aromatic rings. The molecule has 1 saturated heterocycles. The van der Waals surface area contributed by atoms with Gasteiger partial charge in [-0.05, 0) is 54.4 Å². The fourth-order valence-electron chi connectivity index (χ4n) is 5.00. The van der Waals surface area contributed by atoms with E-state index < -0.39 is 0 Å². The Kier molecular flexibility index (Phi) is 4.35. The molecule has 1 saturated carbocycles. The van der Waals surface area contributed by atoms with Gasteiger partial charge in [-0.3, -0.25) is 0 Å². The third-order valence-corrected chi connectivity index (χ3v) is 6.82. The van der Waals surface area contributed by atoms with Crippen molar-refractivity contribution < 1.29 is 0 Å². The average Bonchev–Trinajstić information content (AvgIpc) is 2.80. The lowest BCUT2D eigenvalue weighted by atomic mass is 9.65. The lowest BCUT2D eigenvalue weighted by molar-refractivity contribution is 0.136. The second kappa shape index (κ2) is 6.31. The quantitative estimate of drug-likeness (QED) is 0.726. The highest BCUT2D eigenvalue weighted by molar-refractivity contribution is 7.99. The molecule has 2 fully saturated rings. The van der Waals surface area contributed by atoms with Crippen molar-refractivity contribution in [3.05, 3.63) is 35.6 Å². The number of fused-ring (bicyclic) bond motifs is 2. The summed E-state index contributed by atoms with van der Waals surface area (Å²) in [6.07, 6.45) is 5.30. The number of halogens is 1. The molecule has 1 aliphatic heterocycles. The number of nitrogens with zero attached hydrogens (tertiary/aromatic N) is 3. The molecule has 0 spiro atoms. The van der Waals surface area contributed by atoms with Crippen molar-refractivity contribution >= 4 is 34.9 Å². The molecule has 2 aliphatic rings. The maximum Gasteiger partial charge on any atom is 0.156 e. The normalized spacial score (nSPS) is 26.9. The predicted octanol–water partition coefficient (Wildman–Crippen LogP) is 5.27. The van der Waals surface area contributed by atoms with Gasteiger partial charge in [-0.2, -0.15) is 0 Å². The molecule has 2 N–H and O–H groups in total. The van der Waals surface area contributed by atoms with Crippen LogP contribution in [0.1, 0.15) is 40.0 Å². The van der Waals surface area contributed by atoms with E-state index in [2.05, 4.69) is 35.6 Å². The molecule has 2 atom stereocenters. The number of nitrogens with two attached hydrogens (primary N) is 1. The highest BCUT2D eigenvalue weighted by Crippen LogP contribution is 2.54. The first-order valence-electron chi connectivity index (χ1n) is 9.05. The number of rotatable bonds is 3. The predicted molar refractivity (Wildman–Crippen MR) is 109 cm³/mol. The number of nitrogen functional groups attached to an aromatic ring is 1. The van der Waals surface area contributed by atoms with E-state index in [1.807, 2.05) is 24.3 Å². The summed E-state index contributed by atoms with van der Waals surface area (Å²) in [6, 6.07) is 8.25. The number of benzene rings is 1. The highest BCUT2D eigenvalue weighted by atomic mass is 35.5. The van der Waals surface area contributed by atoms with Crippen LogP contribution in [0.5, 0.6) is 0 Å². The number of anilines is 2. The van der Waals surface area contributed by atoms with Crippen LogP contribution < -0.4 is 10.6 Å². The highest BCUT2D eigenvalue weighted by Gasteiger charge is 2.50. The molecule has 1 aliphatic carbocycles. The van der Waals surface area contributed by atoms with Gasteiger partial charge < -0.3 is 10.6 Å². The van der Waals surface area contributed by atoms with Crippen molar-refractivity contribution in [2.45, 2.75) is 56.0 Å². The van der Waals surface area contributed by atoms with Crippen molar-refractivity contribution in [3.63, 3.8) is 0 Å². The molecular formula is C20H25ClN4S. The summed E-state index contributed by atoms with van der Waals surface area (Å²) in [5.74, 6) is 0.892. The van der Waals surface area contributed by atoms with Crippen LogP contribution in [0, 0.1) is 10.8 Å². The topological polar surface area (TPSA) is 55.0 Å². The summed E-state index contributed by atoms with van der Waals surface area (Å²) in [6.45, 7) is 8.19.